The van der Waals surface area contributed by atoms with Gasteiger partial charge in [-0.15, -0.1) is 0 Å². The molecule has 0 amide bonds. The molecule has 0 saturated carbocycles. The summed E-state index contributed by atoms with van der Waals surface area (Å²) < 4.78 is 0. The molecule has 0 heteroatoms. The van der Waals surface area contributed by atoms with Gasteiger partial charge in [0.2, 0.25) is 0 Å². The summed E-state index contributed by atoms with van der Waals surface area (Å²) in [5, 5.41) is 0. The van der Waals surface area contributed by atoms with Crippen molar-refractivity contribution >= 4 is 0 Å². The van der Waals surface area contributed by atoms with E-state index in [2.05, 4.69) is 83.1 Å². The predicted molar refractivity (Wildman–Crippen MR) is 134 cm³/mol. The highest BCUT2D eigenvalue weighted by atomic mass is 13.9. The summed E-state index contributed by atoms with van der Waals surface area (Å²) in [7, 11) is 0. The van der Waals surface area contributed by atoms with Crippen LogP contribution < -0.4 is 0 Å². The van der Waals surface area contributed by atoms with Gasteiger partial charge in [-0.1, -0.05) is 152 Å². The van der Waals surface area contributed by atoms with Crippen LogP contribution in [0.15, 0.2) is 91.0 Å². The normalized spacial score (nSPS) is 7.61. The zero-order valence-electron chi connectivity index (χ0n) is 16.6. The van der Waals surface area contributed by atoms with E-state index in [9.17, 15) is 0 Å². The summed E-state index contributed by atoms with van der Waals surface area (Å²) >= 11 is 0. The van der Waals surface area contributed by atoms with Crippen molar-refractivity contribution in [2.45, 2.75) is 69.7 Å². The lowest BCUT2D eigenvalue weighted by Crippen LogP contribution is -1.73. The summed E-state index contributed by atoms with van der Waals surface area (Å²) in [5.41, 5.74) is 4.05. The Kier molecular flexibility index (Phi) is 29.3. The maximum absolute atomic E-state index is 2.16. The zero-order chi connectivity index (χ0) is 18.8. The summed E-state index contributed by atoms with van der Waals surface area (Å²) in [4.78, 5) is 0. The molecule has 3 rings (SSSR count). The van der Waals surface area contributed by atoms with Gasteiger partial charge < -0.3 is 0 Å². The maximum Gasteiger partial charge on any atom is -0.0307 e. The van der Waals surface area contributed by atoms with Crippen LogP contribution in [0.3, 0.4) is 0 Å². The number of aryl methyl sites for hydroxylation is 3. The van der Waals surface area contributed by atoms with E-state index in [1.807, 2.05) is 42.5 Å². The quantitative estimate of drug-likeness (QED) is 0.393. The molecule has 0 aromatic heterocycles. The fourth-order valence-corrected chi connectivity index (χ4v) is 1.78. The number of hydrogen-bond donors (Lipinski definition) is 0. The fourth-order valence-electron chi connectivity index (χ4n) is 1.78. The van der Waals surface area contributed by atoms with E-state index in [-0.39, 0.29) is 22.3 Å². The SMILES string of the molecule is C.C.C.CCC.CCc1ccccc1.Cc1ccccc1.Cc1ccccc1. The topological polar surface area (TPSA) is 0 Å². The molecule has 0 N–H and O–H groups in total. The molecule has 0 aliphatic carbocycles. The molecule has 0 aliphatic heterocycles. The Balaban J connectivity index is -0.000000138. The molecule has 0 bridgehead atoms. The number of hydrogen-bond acceptors (Lipinski definition) is 0. The van der Waals surface area contributed by atoms with Gasteiger partial charge in [-0.2, -0.15) is 0 Å². The standard InChI is InChI=1S/C8H10.2C7H8.C3H8.3CH4/c1-2-8-6-4-3-5-7-8;2*1-7-5-3-2-4-6-7;1-3-2;;;/h3-7H,2H2,1H3;2*2-6H,1H3;3H2,1-2H3;3*1H4. The Bertz CT molecular complexity index is 560. The minimum absolute atomic E-state index is 0. The zero-order valence-corrected chi connectivity index (χ0v) is 16.6. The van der Waals surface area contributed by atoms with Crippen molar-refractivity contribution in [3.63, 3.8) is 0 Å². The Morgan fingerprint density at radius 2 is 0.714 bits per heavy atom. The van der Waals surface area contributed by atoms with E-state index in [1.165, 1.54) is 23.1 Å². The van der Waals surface area contributed by atoms with E-state index < -0.39 is 0 Å². The number of benzene rings is 3. The van der Waals surface area contributed by atoms with E-state index >= 15 is 0 Å². The molecule has 0 radical (unpaired) electrons. The van der Waals surface area contributed by atoms with Crippen LogP contribution >= 0.6 is 0 Å². The van der Waals surface area contributed by atoms with Crippen molar-refractivity contribution in [3.8, 4) is 0 Å². The van der Waals surface area contributed by atoms with Crippen LogP contribution in [0, 0.1) is 13.8 Å². The highest BCUT2D eigenvalue weighted by Gasteiger charge is 1.80. The van der Waals surface area contributed by atoms with Crippen LogP contribution in [0.2, 0.25) is 0 Å². The van der Waals surface area contributed by atoms with Gasteiger partial charge in [0, 0.05) is 0 Å². The molecule has 0 atom stereocenters. The summed E-state index contributed by atoms with van der Waals surface area (Å²) in [6, 6.07) is 31.0. The second-order valence-corrected chi connectivity index (χ2v) is 5.86. The predicted octanol–water partition coefficient (Wildman–Crippen LogP) is 9.56. The Hall–Kier alpha value is -2.34. The minimum Gasteiger partial charge on any atom is -0.0776 e. The minimum atomic E-state index is 0. The van der Waals surface area contributed by atoms with Gasteiger partial charge >= 0.3 is 0 Å². The lowest BCUT2D eigenvalue weighted by atomic mass is 10.2. The fraction of sp³-hybridized carbons (Fsp3) is 0.357. The van der Waals surface area contributed by atoms with Crippen LogP contribution in [-0.4, -0.2) is 0 Å². The van der Waals surface area contributed by atoms with Gasteiger partial charge in [0.1, 0.15) is 0 Å². The third kappa shape index (κ3) is 21.7. The lowest BCUT2D eigenvalue weighted by molar-refractivity contribution is 1.09. The van der Waals surface area contributed by atoms with E-state index in [4.69, 9.17) is 0 Å². The van der Waals surface area contributed by atoms with E-state index in [0.717, 1.165) is 6.42 Å². The van der Waals surface area contributed by atoms with Crippen LogP contribution in [-0.2, 0) is 6.42 Å². The van der Waals surface area contributed by atoms with Gasteiger partial charge in [0.25, 0.3) is 0 Å². The van der Waals surface area contributed by atoms with Crippen molar-refractivity contribution < 1.29 is 0 Å². The summed E-state index contributed by atoms with van der Waals surface area (Å²) in [6.07, 6.45) is 2.39. The second kappa shape index (κ2) is 24.7. The van der Waals surface area contributed by atoms with Crippen molar-refractivity contribution in [1.82, 2.24) is 0 Å². The first kappa shape index (κ1) is 33.3. The first-order chi connectivity index (χ1) is 12.1. The van der Waals surface area contributed by atoms with Gasteiger partial charge in [-0.3, -0.25) is 0 Å². The molecule has 0 nitrogen and oxygen atoms in total. The van der Waals surface area contributed by atoms with Crippen molar-refractivity contribution in [3.05, 3.63) is 108 Å². The molecule has 3 aromatic rings. The molecular weight excluding hydrogens is 336 g/mol. The molecule has 158 valence electrons. The molecule has 28 heavy (non-hydrogen) atoms. The first-order valence-corrected chi connectivity index (χ1v) is 9.21. The van der Waals surface area contributed by atoms with Crippen molar-refractivity contribution in [1.29, 1.82) is 0 Å². The molecular formula is C28H46. The van der Waals surface area contributed by atoms with Gasteiger partial charge in [-0.25, -0.2) is 0 Å². The Labute approximate surface area is 177 Å². The summed E-state index contributed by atoms with van der Waals surface area (Å²) in [5.74, 6) is 0. The molecule has 0 aliphatic rings. The van der Waals surface area contributed by atoms with Crippen LogP contribution in [0.5, 0.6) is 0 Å². The van der Waals surface area contributed by atoms with E-state index in [0.29, 0.717) is 0 Å². The van der Waals surface area contributed by atoms with Crippen molar-refractivity contribution in [2.75, 3.05) is 0 Å². The highest BCUT2D eigenvalue weighted by Crippen LogP contribution is 1.97. The van der Waals surface area contributed by atoms with Crippen molar-refractivity contribution in [2.24, 2.45) is 0 Å². The van der Waals surface area contributed by atoms with Crippen LogP contribution in [0.25, 0.3) is 0 Å². The van der Waals surface area contributed by atoms with Crippen LogP contribution in [0.4, 0.5) is 0 Å². The third-order valence-electron chi connectivity index (χ3n) is 3.13. The van der Waals surface area contributed by atoms with Crippen LogP contribution in [0.1, 0.15) is 66.2 Å². The summed E-state index contributed by atoms with van der Waals surface area (Å²) in [6.45, 7) is 10.6. The average molecular weight is 383 g/mol. The smallest absolute Gasteiger partial charge is 0.0307 e. The number of rotatable bonds is 1. The highest BCUT2D eigenvalue weighted by molar-refractivity contribution is 5.14. The molecule has 0 spiro atoms. The molecule has 0 heterocycles. The van der Waals surface area contributed by atoms with Gasteiger partial charge in [-0.05, 0) is 25.8 Å². The molecule has 0 fully saturated rings. The largest absolute Gasteiger partial charge is 0.0776 e. The first-order valence-electron chi connectivity index (χ1n) is 9.21. The molecule has 3 aromatic carbocycles. The Morgan fingerprint density at radius 1 is 0.464 bits per heavy atom. The maximum atomic E-state index is 2.16. The third-order valence-corrected chi connectivity index (χ3v) is 3.13. The van der Waals surface area contributed by atoms with Gasteiger partial charge in [0.05, 0.1) is 0 Å². The van der Waals surface area contributed by atoms with E-state index in [1.54, 1.807) is 0 Å². The lowest BCUT2D eigenvalue weighted by Gasteiger charge is -1.89. The average Bonchev–Trinajstić information content (AvgIpc) is 2.65. The Morgan fingerprint density at radius 3 is 0.857 bits per heavy atom. The molecule has 0 saturated heterocycles. The second-order valence-electron chi connectivity index (χ2n) is 5.86. The van der Waals surface area contributed by atoms with Gasteiger partial charge in [0.15, 0.2) is 0 Å². The monoisotopic (exact) mass is 382 g/mol. The molecule has 0 unspecified atom stereocenters.